The smallest absolute Gasteiger partial charge is 0.332 e. The molecule has 2 aromatic heterocycles. The van der Waals surface area contributed by atoms with Crippen molar-refractivity contribution in [2.45, 2.75) is 6.92 Å². The predicted octanol–water partition coefficient (Wildman–Crippen LogP) is 1.03. The Morgan fingerprint density at radius 1 is 1.17 bits per heavy atom. The molecule has 2 heterocycles. The van der Waals surface area contributed by atoms with Gasteiger partial charge in [-0.05, 0) is 25.1 Å². The van der Waals surface area contributed by atoms with Crippen molar-refractivity contribution in [3.05, 3.63) is 39.0 Å². The van der Waals surface area contributed by atoms with E-state index in [9.17, 15) is 9.59 Å². The number of imidazole rings is 1. The van der Waals surface area contributed by atoms with E-state index in [2.05, 4.69) is 9.97 Å². The zero-order chi connectivity index (χ0) is 17.4. The fourth-order valence-corrected chi connectivity index (χ4v) is 2.55. The van der Waals surface area contributed by atoms with Gasteiger partial charge in [-0.2, -0.15) is 0 Å². The summed E-state index contributed by atoms with van der Waals surface area (Å²) < 4.78 is 13.2. The number of hydrogen-bond acceptors (Lipinski definition) is 5. The molecule has 0 fully saturated rings. The van der Waals surface area contributed by atoms with Crippen molar-refractivity contribution >= 4 is 11.2 Å². The number of methoxy groups -OCH3 is 1. The summed E-state index contributed by atoms with van der Waals surface area (Å²) in [5.41, 5.74) is 0.481. The first-order valence-corrected chi connectivity index (χ1v) is 7.44. The zero-order valence-electron chi connectivity index (χ0n) is 13.9. The number of ether oxygens (including phenoxy) is 2. The minimum absolute atomic E-state index is 0.280. The first-order valence-electron chi connectivity index (χ1n) is 7.44. The number of hydrogen-bond donors (Lipinski definition) is 1. The Balaban J connectivity index is 2.21. The van der Waals surface area contributed by atoms with Crippen LogP contribution in [0.2, 0.25) is 0 Å². The van der Waals surface area contributed by atoms with E-state index in [4.69, 9.17) is 9.47 Å². The van der Waals surface area contributed by atoms with Gasteiger partial charge >= 0.3 is 5.69 Å². The summed E-state index contributed by atoms with van der Waals surface area (Å²) in [6.45, 7) is 2.42. The summed E-state index contributed by atoms with van der Waals surface area (Å²) in [7, 11) is 4.57. The quantitative estimate of drug-likeness (QED) is 0.771. The molecule has 3 aromatic rings. The Morgan fingerprint density at radius 2 is 1.92 bits per heavy atom. The van der Waals surface area contributed by atoms with E-state index in [0.29, 0.717) is 29.6 Å². The lowest BCUT2D eigenvalue weighted by Gasteiger charge is -2.09. The third-order valence-electron chi connectivity index (χ3n) is 3.83. The Bertz CT molecular complexity index is 1030. The molecule has 1 N–H and O–H groups in total. The molecule has 0 bridgehead atoms. The highest BCUT2D eigenvalue weighted by atomic mass is 16.5. The van der Waals surface area contributed by atoms with Gasteiger partial charge in [-0.3, -0.25) is 13.9 Å². The number of benzene rings is 1. The van der Waals surface area contributed by atoms with Crippen LogP contribution in [0.3, 0.4) is 0 Å². The first kappa shape index (κ1) is 15.9. The average molecular weight is 330 g/mol. The van der Waals surface area contributed by atoms with E-state index in [1.54, 1.807) is 26.3 Å². The molecule has 0 amide bonds. The number of aromatic amines is 1. The van der Waals surface area contributed by atoms with E-state index >= 15 is 0 Å². The van der Waals surface area contributed by atoms with Crippen LogP contribution in [0, 0.1) is 0 Å². The highest BCUT2D eigenvalue weighted by Crippen LogP contribution is 2.31. The molecule has 0 radical (unpaired) electrons. The number of nitrogens with one attached hydrogen (secondary N) is 1. The van der Waals surface area contributed by atoms with Crippen LogP contribution < -0.4 is 20.7 Å². The van der Waals surface area contributed by atoms with E-state index in [1.165, 1.54) is 11.6 Å². The Labute approximate surface area is 137 Å². The molecule has 0 saturated heterocycles. The molecule has 8 nitrogen and oxygen atoms in total. The third-order valence-corrected chi connectivity index (χ3v) is 3.83. The molecule has 24 heavy (non-hydrogen) atoms. The van der Waals surface area contributed by atoms with Gasteiger partial charge in [0.15, 0.2) is 17.1 Å². The molecular formula is C16H18N4O4. The van der Waals surface area contributed by atoms with Crippen molar-refractivity contribution in [2.24, 2.45) is 14.1 Å². The third kappa shape index (κ3) is 2.36. The molecule has 126 valence electrons. The van der Waals surface area contributed by atoms with Crippen molar-refractivity contribution in [3.63, 3.8) is 0 Å². The zero-order valence-corrected chi connectivity index (χ0v) is 13.9. The molecule has 8 heteroatoms. The summed E-state index contributed by atoms with van der Waals surface area (Å²) >= 11 is 0. The molecule has 0 aliphatic rings. The highest BCUT2D eigenvalue weighted by molar-refractivity contribution is 5.76. The summed E-state index contributed by atoms with van der Waals surface area (Å²) in [4.78, 5) is 31.6. The van der Waals surface area contributed by atoms with E-state index in [-0.39, 0.29) is 5.52 Å². The van der Waals surface area contributed by atoms with Crippen LogP contribution in [0.1, 0.15) is 6.92 Å². The van der Waals surface area contributed by atoms with Crippen LogP contribution in [-0.4, -0.2) is 32.8 Å². The van der Waals surface area contributed by atoms with E-state index in [1.807, 2.05) is 13.0 Å². The van der Waals surface area contributed by atoms with Crippen LogP contribution in [-0.2, 0) is 14.1 Å². The lowest BCUT2D eigenvalue weighted by molar-refractivity contribution is 0.311. The fourth-order valence-electron chi connectivity index (χ4n) is 2.55. The van der Waals surface area contributed by atoms with Gasteiger partial charge in [0, 0.05) is 19.7 Å². The van der Waals surface area contributed by atoms with Crippen LogP contribution >= 0.6 is 0 Å². The van der Waals surface area contributed by atoms with Crippen LogP contribution in [0.4, 0.5) is 0 Å². The van der Waals surface area contributed by atoms with Crippen molar-refractivity contribution in [1.82, 2.24) is 19.1 Å². The van der Waals surface area contributed by atoms with Gasteiger partial charge in [-0.15, -0.1) is 0 Å². The number of H-pyrrole nitrogens is 1. The van der Waals surface area contributed by atoms with Gasteiger partial charge in [0.1, 0.15) is 11.3 Å². The van der Waals surface area contributed by atoms with Crippen LogP contribution in [0.25, 0.3) is 22.6 Å². The number of nitrogens with zero attached hydrogens (tertiary/aromatic N) is 3. The topological polar surface area (TPSA) is 91.1 Å². The van der Waals surface area contributed by atoms with Crippen molar-refractivity contribution < 1.29 is 9.47 Å². The second kappa shape index (κ2) is 5.88. The standard InChI is InChI=1S/C16H18N4O4/c1-5-24-10-7-6-9(8-11(10)23-4)13-17-12-14(18-13)19(2)16(22)20(3)15(12)21/h6-8H,5H2,1-4H3,(H,17,18). The summed E-state index contributed by atoms with van der Waals surface area (Å²) in [6.07, 6.45) is 0. The lowest BCUT2D eigenvalue weighted by Crippen LogP contribution is -2.36. The normalized spacial score (nSPS) is 11.0. The van der Waals surface area contributed by atoms with Crippen LogP contribution in [0.15, 0.2) is 27.8 Å². The molecule has 0 unspecified atom stereocenters. The molecule has 3 rings (SSSR count). The van der Waals surface area contributed by atoms with Gasteiger partial charge < -0.3 is 14.5 Å². The second-order valence-electron chi connectivity index (χ2n) is 5.29. The second-order valence-corrected chi connectivity index (χ2v) is 5.29. The Kier molecular flexibility index (Phi) is 3.88. The summed E-state index contributed by atoms with van der Waals surface area (Å²) in [5.74, 6) is 1.67. The predicted molar refractivity (Wildman–Crippen MR) is 89.7 cm³/mol. The Morgan fingerprint density at radius 3 is 2.58 bits per heavy atom. The lowest BCUT2D eigenvalue weighted by atomic mass is 10.2. The number of fused-ring (bicyclic) bond motifs is 1. The van der Waals surface area contributed by atoms with Gasteiger partial charge in [0.2, 0.25) is 0 Å². The molecule has 1 aromatic carbocycles. The van der Waals surface area contributed by atoms with Crippen molar-refractivity contribution in [1.29, 1.82) is 0 Å². The van der Waals surface area contributed by atoms with Crippen molar-refractivity contribution in [2.75, 3.05) is 13.7 Å². The minimum atomic E-state index is -0.421. The highest BCUT2D eigenvalue weighted by Gasteiger charge is 2.15. The van der Waals surface area contributed by atoms with E-state index < -0.39 is 11.2 Å². The van der Waals surface area contributed by atoms with E-state index in [0.717, 1.165) is 10.1 Å². The van der Waals surface area contributed by atoms with Crippen molar-refractivity contribution in [3.8, 4) is 22.9 Å². The minimum Gasteiger partial charge on any atom is -0.493 e. The molecule has 0 aliphatic carbocycles. The maximum absolute atomic E-state index is 12.2. The fraction of sp³-hybridized carbons (Fsp3) is 0.312. The average Bonchev–Trinajstić information content (AvgIpc) is 3.04. The maximum atomic E-state index is 12.2. The van der Waals surface area contributed by atoms with Gasteiger partial charge in [-0.25, -0.2) is 9.78 Å². The monoisotopic (exact) mass is 330 g/mol. The SMILES string of the molecule is CCOc1ccc(-c2nc3c([nH]2)c(=O)n(C)c(=O)n3C)cc1OC. The summed E-state index contributed by atoms with van der Waals surface area (Å²) in [6, 6.07) is 5.36. The van der Waals surface area contributed by atoms with Gasteiger partial charge in [0.05, 0.1) is 13.7 Å². The van der Waals surface area contributed by atoms with Crippen LogP contribution in [0.5, 0.6) is 11.5 Å². The Hall–Kier alpha value is -3.03. The number of rotatable bonds is 4. The van der Waals surface area contributed by atoms with Gasteiger partial charge in [-0.1, -0.05) is 0 Å². The first-order chi connectivity index (χ1) is 11.5. The van der Waals surface area contributed by atoms with Gasteiger partial charge in [0.25, 0.3) is 5.56 Å². The maximum Gasteiger partial charge on any atom is 0.332 e. The molecular weight excluding hydrogens is 312 g/mol. The molecule has 0 aliphatic heterocycles. The molecule has 0 atom stereocenters. The largest absolute Gasteiger partial charge is 0.493 e. The molecule has 0 spiro atoms. The number of aromatic nitrogens is 4. The molecule has 0 saturated carbocycles. The summed E-state index contributed by atoms with van der Waals surface area (Å²) in [5, 5.41) is 0. The number of aryl methyl sites for hydroxylation is 1.